The highest BCUT2D eigenvalue weighted by Gasteiger charge is 2.33. The van der Waals surface area contributed by atoms with E-state index >= 15 is 0 Å². The maximum absolute atomic E-state index is 13.1. The van der Waals surface area contributed by atoms with Crippen LogP contribution in [0.4, 0.5) is 23.4 Å². The number of nitrogens with zero attached hydrogens (tertiary/aromatic N) is 4. The molecule has 0 N–H and O–H groups in total. The van der Waals surface area contributed by atoms with Gasteiger partial charge < -0.3 is 9.80 Å². The van der Waals surface area contributed by atoms with Gasteiger partial charge in [0, 0.05) is 38.8 Å². The molecule has 1 aliphatic heterocycles. The standard InChI is InChI=1S/C22H19ClF4N4OS/c1-13-19(33-18(29-13)10-14-2-4-16(24)5-3-14)21(32)31-8-6-30(7-9-31)20-17(23)11-15(12-28-20)22(25,26)27/h2-5,11-12H,6-10H2,1H3. The van der Waals surface area contributed by atoms with Gasteiger partial charge in [-0.05, 0) is 30.7 Å². The molecule has 0 atom stereocenters. The third kappa shape index (κ3) is 5.27. The molecular weight excluding hydrogens is 480 g/mol. The second-order valence-electron chi connectivity index (χ2n) is 7.63. The van der Waals surface area contributed by atoms with E-state index in [0.717, 1.165) is 22.8 Å². The highest BCUT2D eigenvalue weighted by molar-refractivity contribution is 7.13. The first kappa shape index (κ1) is 23.4. The Morgan fingerprint density at radius 2 is 1.82 bits per heavy atom. The number of carbonyl (C=O) groups is 1. The minimum absolute atomic E-state index is 0.0756. The van der Waals surface area contributed by atoms with Gasteiger partial charge in [-0.15, -0.1) is 11.3 Å². The summed E-state index contributed by atoms with van der Waals surface area (Å²) >= 11 is 7.36. The van der Waals surface area contributed by atoms with Gasteiger partial charge in [0.25, 0.3) is 5.91 Å². The second kappa shape index (κ2) is 9.26. The zero-order valence-electron chi connectivity index (χ0n) is 17.5. The molecule has 0 spiro atoms. The lowest BCUT2D eigenvalue weighted by Gasteiger charge is -2.35. The number of piperazine rings is 1. The van der Waals surface area contributed by atoms with Crippen LogP contribution in [0.15, 0.2) is 36.5 Å². The summed E-state index contributed by atoms with van der Waals surface area (Å²) in [6.45, 7) is 3.32. The fourth-order valence-corrected chi connectivity index (χ4v) is 4.94. The number of benzene rings is 1. The Balaban J connectivity index is 1.40. The molecule has 3 aromatic rings. The Morgan fingerprint density at radius 1 is 1.15 bits per heavy atom. The lowest BCUT2D eigenvalue weighted by molar-refractivity contribution is -0.137. The van der Waals surface area contributed by atoms with Crippen LogP contribution in [0.25, 0.3) is 0 Å². The number of rotatable bonds is 4. The molecule has 11 heteroatoms. The molecular formula is C22H19ClF4N4OS. The zero-order valence-corrected chi connectivity index (χ0v) is 19.1. The summed E-state index contributed by atoms with van der Waals surface area (Å²) in [5, 5.41) is 0.690. The second-order valence-corrected chi connectivity index (χ2v) is 9.12. The summed E-state index contributed by atoms with van der Waals surface area (Å²) in [6.07, 6.45) is -3.24. The van der Waals surface area contributed by atoms with Gasteiger partial charge in [-0.1, -0.05) is 23.7 Å². The molecule has 1 amide bonds. The first-order chi connectivity index (χ1) is 15.6. The van der Waals surface area contributed by atoms with Crippen molar-refractivity contribution in [3.05, 3.63) is 74.1 Å². The van der Waals surface area contributed by atoms with Gasteiger partial charge in [-0.2, -0.15) is 13.2 Å². The number of aromatic nitrogens is 2. The summed E-state index contributed by atoms with van der Waals surface area (Å²) in [4.78, 5) is 25.5. The predicted octanol–water partition coefficient (Wildman–Crippen LogP) is 5.21. The third-order valence-corrected chi connectivity index (χ3v) is 6.74. The van der Waals surface area contributed by atoms with Gasteiger partial charge >= 0.3 is 6.18 Å². The van der Waals surface area contributed by atoms with Crippen molar-refractivity contribution in [3.8, 4) is 0 Å². The molecule has 0 aliphatic carbocycles. The monoisotopic (exact) mass is 498 g/mol. The molecule has 0 radical (unpaired) electrons. The van der Waals surface area contributed by atoms with Crippen LogP contribution in [0.5, 0.6) is 0 Å². The quantitative estimate of drug-likeness (QED) is 0.463. The van der Waals surface area contributed by atoms with Gasteiger partial charge in [-0.25, -0.2) is 14.4 Å². The van der Waals surface area contributed by atoms with Crippen LogP contribution in [-0.2, 0) is 12.6 Å². The van der Waals surface area contributed by atoms with Crippen molar-refractivity contribution in [2.24, 2.45) is 0 Å². The SMILES string of the molecule is Cc1nc(Cc2ccc(F)cc2)sc1C(=O)N1CCN(c2ncc(C(F)(F)F)cc2Cl)CC1. The molecule has 0 saturated carbocycles. The molecule has 33 heavy (non-hydrogen) atoms. The molecule has 1 aromatic carbocycles. The van der Waals surface area contributed by atoms with Crippen molar-refractivity contribution >= 4 is 34.7 Å². The minimum Gasteiger partial charge on any atom is -0.352 e. The molecule has 174 valence electrons. The molecule has 4 rings (SSSR count). The van der Waals surface area contributed by atoms with Gasteiger partial charge in [0.1, 0.15) is 16.5 Å². The average Bonchev–Trinajstić information content (AvgIpc) is 3.14. The number of halogens is 5. The van der Waals surface area contributed by atoms with Crippen LogP contribution in [0, 0.1) is 12.7 Å². The summed E-state index contributed by atoms with van der Waals surface area (Å²) in [5.41, 5.74) is 0.637. The largest absolute Gasteiger partial charge is 0.417 e. The van der Waals surface area contributed by atoms with E-state index in [2.05, 4.69) is 9.97 Å². The predicted molar refractivity (Wildman–Crippen MR) is 118 cm³/mol. The number of carbonyl (C=O) groups excluding carboxylic acids is 1. The number of aryl methyl sites for hydroxylation is 1. The number of hydrogen-bond acceptors (Lipinski definition) is 5. The number of anilines is 1. The van der Waals surface area contributed by atoms with E-state index in [1.165, 1.54) is 23.5 Å². The highest BCUT2D eigenvalue weighted by Crippen LogP contribution is 2.34. The topological polar surface area (TPSA) is 49.3 Å². The number of hydrogen-bond donors (Lipinski definition) is 0. The fourth-order valence-electron chi connectivity index (χ4n) is 3.59. The van der Waals surface area contributed by atoms with E-state index in [4.69, 9.17) is 11.6 Å². The van der Waals surface area contributed by atoms with E-state index in [0.29, 0.717) is 43.2 Å². The van der Waals surface area contributed by atoms with Crippen molar-refractivity contribution in [1.82, 2.24) is 14.9 Å². The van der Waals surface area contributed by atoms with E-state index in [1.807, 2.05) is 0 Å². The number of amides is 1. The molecule has 0 bridgehead atoms. The van der Waals surface area contributed by atoms with Crippen molar-refractivity contribution in [1.29, 1.82) is 0 Å². The normalized spacial score (nSPS) is 14.6. The number of pyridine rings is 1. The van der Waals surface area contributed by atoms with Gasteiger partial charge in [0.05, 0.1) is 21.3 Å². The Labute approximate surface area is 196 Å². The Hall–Kier alpha value is -2.72. The average molecular weight is 499 g/mol. The van der Waals surface area contributed by atoms with Crippen LogP contribution in [0.1, 0.15) is 31.5 Å². The van der Waals surface area contributed by atoms with Crippen LogP contribution in [0.3, 0.4) is 0 Å². The maximum atomic E-state index is 13.1. The molecule has 1 aliphatic rings. The molecule has 1 saturated heterocycles. The molecule has 5 nitrogen and oxygen atoms in total. The summed E-state index contributed by atoms with van der Waals surface area (Å²) in [6, 6.07) is 7.02. The number of alkyl halides is 3. The van der Waals surface area contributed by atoms with Gasteiger partial charge in [-0.3, -0.25) is 4.79 Å². The Kier molecular flexibility index (Phi) is 6.58. The third-order valence-electron chi connectivity index (χ3n) is 5.32. The van der Waals surface area contributed by atoms with E-state index in [1.54, 1.807) is 28.9 Å². The van der Waals surface area contributed by atoms with E-state index in [-0.39, 0.29) is 22.6 Å². The fraction of sp³-hybridized carbons (Fsp3) is 0.318. The van der Waals surface area contributed by atoms with Gasteiger partial charge in [0.2, 0.25) is 0 Å². The number of thiazole rings is 1. The van der Waals surface area contributed by atoms with E-state index < -0.39 is 11.7 Å². The zero-order chi connectivity index (χ0) is 23.8. The van der Waals surface area contributed by atoms with Crippen molar-refractivity contribution in [2.75, 3.05) is 31.1 Å². The van der Waals surface area contributed by atoms with Crippen LogP contribution in [0.2, 0.25) is 5.02 Å². The van der Waals surface area contributed by atoms with E-state index in [9.17, 15) is 22.4 Å². The maximum Gasteiger partial charge on any atom is 0.417 e. The van der Waals surface area contributed by atoms with Crippen molar-refractivity contribution in [2.45, 2.75) is 19.5 Å². The van der Waals surface area contributed by atoms with Gasteiger partial charge in [0.15, 0.2) is 0 Å². The summed E-state index contributed by atoms with van der Waals surface area (Å²) in [5.74, 6) is -0.175. The molecule has 3 heterocycles. The highest BCUT2D eigenvalue weighted by atomic mass is 35.5. The minimum atomic E-state index is -4.51. The first-order valence-electron chi connectivity index (χ1n) is 10.1. The van der Waals surface area contributed by atoms with Crippen LogP contribution >= 0.6 is 22.9 Å². The molecule has 2 aromatic heterocycles. The van der Waals surface area contributed by atoms with Crippen molar-refractivity contribution in [3.63, 3.8) is 0 Å². The van der Waals surface area contributed by atoms with Crippen molar-refractivity contribution < 1.29 is 22.4 Å². The smallest absolute Gasteiger partial charge is 0.352 e. The van der Waals surface area contributed by atoms with Crippen LogP contribution in [-0.4, -0.2) is 47.0 Å². The summed E-state index contributed by atoms with van der Waals surface area (Å²) < 4.78 is 51.6. The lowest BCUT2D eigenvalue weighted by Crippen LogP contribution is -2.49. The summed E-state index contributed by atoms with van der Waals surface area (Å²) in [7, 11) is 0. The first-order valence-corrected chi connectivity index (χ1v) is 11.3. The lowest BCUT2D eigenvalue weighted by atomic mass is 10.1. The molecule has 1 fully saturated rings. The Morgan fingerprint density at radius 3 is 2.42 bits per heavy atom. The van der Waals surface area contributed by atoms with Crippen LogP contribution < -0.4 is 4.90 Å². The molecule has 0 unspecified atom stereocenters. The Bertz CT molecular complexity index is 1160.